The van der Waals surface area contributed by atoms with Crippen molar-refractivity contribution in [2.24, 2.45) is 0 Å². The molecule has 25 heavy (non-hydrogen) atoms. The lowest BCUT2D eigenvalue weighted by molar-refractivity contribution is 0.484. The molecule has 0 fully saturated rings. The van der Waals surface area contributed by atoms with Crippen molar-refractivity contribution < 1.29 is 13.2 Å². The maximum atomic E-state index is 12.6. The van der Waals surface area contributed by atoms with Crippen LogP contribution in [0.5, 0.6) is 11.5 Å². The molecule has 3 rings (SSSR count). The van der Waals surface area contributed by atoms with E-state index in [2.05, 4.69) is 0 Å². The summed E-state index contributed by atoms with van der Waals surface area (Å²) in [7, 11) is -3.56. The van der Waals surface area contributed by atoms with Crippen LogP contribution in [0.25, 0.3) is 0 Å². The molecule has 0 saturated carbocycles. The van der Waals surface area contributed by atoms with Crippen molar-refractivity contribution in [2.45, 2.75) is 16.7 Å². The van der Waals surface area contributed by atoms with Crippen molar-refractivity contribution in [2.75, 3.05) is 11.5 Å². The molecule has 0 bridgehead atoms. The van der Waals surface area contributed by atoms with Crippen LogP contribution in [-0.4, -0.2) is 8.42 Å². The van der Waals surface area contributed by atoms with Crippen LogP contribution in [0.1, 0.15) is 5.56 Å². The largest absolute Gasteiger partial charge is 0.455 e. The van der Waals surface area contributed by atoms with Crippen LogP contribution < -0.4 is 16.2 Å². The zero-order chi connectivity index (χ0) is 18.0. The number of hydrogen-bond acceptors (Lipinski definition) is 5. The minimum atomic E-state index is -3.56. The highest BCUT2D eigenvalue weighted by molar-refractivity contribution is 7.91. The van der Waals surface area contributed by atoms with Gasteiger partial charge in [0, 0.05) is 5.69 Å². The van der Waals surface area contributed by atoms with E-state index in [1.54, 1.807) is 54.6 Å². The van der Waals surface area contributed by atoms with Crippen molar-refractivity contribution >= 4 is 21.2 Å². The lowest BCUT2D eigenvalue weighted by Gasteiger charge is -2.10. The van der Waals surface area contributed by atoms with Crippen molar-refractivity contribution in [3.05, 3.63) is 72.3 Å². The van der Waals surface area contributed by atoms with E-state index in [-0.39, 0.29) is 9.79 Å². The number of sulfone groups is 1. The van der Waals surface area contributed by atoms with Gasteiger partial charge >= 0.3 is 0 Å². The van der Waals surface area contributed by atoms with Gasteiger partial charge in [-0.1, -0.05) is 17.7 Å². The zero-order valence-electron chi connectivity index (χ0n) is 13.6. The van der Waals surface area contributed by atoms with Gasteiger partial charge in [0.1, 0.15) is 11.5 Å². The van der Waals surface area contributed by atoms with E-state index in [0.29, 0.717) is 22.9 Å². The fourth-order valence-corrected chi connectivity index (χ4v) is 3.59. The molecule has 5 nitrogen and oxygen atoms in total. The van der Waals surface area contributed by atoms with E-state index in [4.69, 9.17) is 16.2 Å². The minimum Gasteiger partial charge on any atom is -0.455 e. The quantitative estimate of drug-likeness (QED) is 0.695. The number of hydrogen-bond donors (Lipinski definition) is 2. The molecule has 0 aromatic heterocycles. The summed E-state index contributed by atoms with van der Waals surface area (Å²) in [6, 6.07) is 17.9. The summed E-state index contributed by atoms with van der Waals surface area (Å²) >= 11 is 0. The molecule has 128 valence electrons. The van der Waals surface area contributed by atoms with E-state index in [1.807, 2.05) is 6.92 Å². The maximum Gasteiger partial charge on any atom is 0.206 e. The third-order valence-corrected chi connectivity index (χ3v) is 5.51. The molecule has 0 amide bonds. The number of nitrogen functional groups attached to an aromatic ring is 2. The number of rotatable bonds is 4. The van der Waals surface area contributed by atoms with Crippen LogP contribution in [0, 0.1) is 6.92 Å². The lowest BCUT2D eigenvalue weighted by Crippen LogP contribution is -2.02. The first-order valence-corrected chi connectivity index (χ1v) is 9.09. The van der Waals surface area contributed by atoms with Gasteiger partial charge in [-0.15, -0.1) is 0 Å². The number of benzene rings is 3. The zero-order valence-corrected chi connectivity index (χ0v) is 14.5. The third-order valence-electron chi connectivity index (χ3n) is 3.73. The first-order chi connectivity index (χ1) is 11.9. The third kappa shape index (κ3) is 3.59. The Morgan fingerprint density at radius 1 is 0.800 bits per heavy atom. The number of anilines is 2. The van der Waals surface area contributed by atoms with Crippen molar-refractivity contribution in [3.63, 3.8) is 0 Å². The SMILES string of the molecule is Cc1ccc(S(=O)(=O)c2ccc(Oc3ccc(N)cc3N)cc2)cc1. The minimum absolute atomic E-state index is 0.203. The van der Waals surface area contributed by atoms with Crippen LogP contribution in [0.15, 0.2) is 76.5 Å². The van der Waals surface area contributed by atoms with Gasteiger partial charge in [-0.2, -0.15) is 0 Å². The molecule has 6 heteroatoms. The smallest absolute Gasteiger partial charge is 0.206 e. The second kappa shape index (κ2) is 6.49. The van der Waals surface area contributed by atoms with Crippen LogP contribution in [-0.2, 0) is 9.84 Å². The monoisotopic (exact) mass is 354 g/mol. The first kappa shape index (κ1) is 16.9. The number of nitrogens with two attached hydrogens (primary N) is 2. The van der Waals surface area contributed by atoms with Gasteiger partial charge in [0.05, 0.1) is 15.5 Å². The standard InChI is InChI=1S/C19H18N2O3S/c1-13-2-7-16(8-3-13)25(22,23)17-9-5-15(6-10-17)24-19-11-4-14(20)12-18(19)21/h2-12H,20-21H2,1H3. The van der Waals surface area contributed by atoms with Crippen LogP contribution >= 0.6 is 0 Å². The summed E-state index contributed by atoms with van der Waals surface area (Å²) in [4.78, 5) is 0.462. The van der Waals surface area contributed by atoms with Gasteiger partial charge in [-0.05, 0) is 61.5 Å². The Morgan fingerprint density at radius 2 is 1.36 bits per heavy atom. The van der Waals surface area contributed by atoms with E-state index < -0.39 is 9.84 Å². The van der Waals surface area contributed by atoms with Gasteiger partial charge in [0.25, 0.3) is 0 Å². The Hall–Kier alpha value is -2.99. The second-order valence-electron chi connectivity index (χ2n) is 5.69. The summed E-state index contributed by atoms with van der Waals surface area (Å²) < 4.78 is 30.9. The lowest BCUT2D eigenvalue weighted by atomic mass is 10.2. The second-order valence-corrected chi connectivity index (χ2v) is 7.64. The molecule has 0 unspecified atom stereocenters. The average Bonchev–Trinajstić information content (AvgIpc) is 2.58. The fraction of sp³-hybridized carbons (Fsp3) is 0.0526. The Kier molecular flexibility index (Phi) is 4.37. The summed E-state index contributed by atoms with van der Waals surface area (Å²) in [5.74, 6) is 0.947. The summed E-state index contributed by atoms with van der Waals surface area (Å²) in [6.45, 7) is 1.91. The van der Waals surface area contributed by atoms with Crippen molar-refractivity contribution in [3.8, 4) is 11.5 Å². The van der Waals surface area contributed by atoms with E-state index >= 15 is 0 Å². The van der Waals surface area contributed by atoms with E-state index in [9.17, 15) is 8.42 Å². The molecule has 3 aromatic rings. The molecule has 0 aliphatic carbocycles. The molecule has 0 radical (unpaired) electrons. The first-order valence-electron chi connectivity index (χ1n) is 7.61. The summed E-state index contributed by atoms with van der Waals surface area (Å²) in [5, 5.41) is 0. The van der Waals surface area contributed by atoms with Crippen LogP contribution in [0.4, 0.5) is 11.4 Å². The van der Waals surface area contributed by atoms with Gasteiger partial charge in [0.2, 0.25) is 9.84 Å². The molecule has 4 N–H and O–H groups in total. The molecule has 0 atom stereocenters. The maximum absolute atomic E-state index is 12.6. The Balaban J connectivity index is 1.85. The van der Waals surface area contributed by atoms with E-state index in [0.717, 1.165) is 5.56 Å². The van der Waals surface area contributed by atoms with Gasteiger partial charge < -0.3 is 16.2 Å². The normalized spacial score (nSPS) is 11.2. The highest BCUT2D eigenvalue weighted by Crippen LogP contribution is 2.30. The average molecular weight is 354 g/mol. The number of ether oxygens (including phenoxy) is 1. The number of aryl methyl sites for hydroxylation is 1. The predicted octanol–water partition coefficient (Wildman–Crippen LogP) is 3.78. The van der Waals surface area contributed by atoms with Crippen LogP contribution in [0.3, 0.4) is 0 Å². The predicted molar refractivity (Wildman–Crippen MR) is 98.4 cm³/mol. The molecule has 0 aliphatic rings. The highest BCUT2D eigenvalue weighted by Gasteiger charge is 2.17. The fourth-order valence-electron chi connectivity index (χ4n) is 2.33. The van der Waals surface area contributed by atoms with Gasteiger partial charge in [-0.3, -0.25) is 0 Å². The molecule has 0 saturated heterocycles. The summed E-state index contributed by atoms with van der Waals surface area (Å²) in [5.41, 5.74) is 13.5. The topological polar surface area (TPSA) is 95.4 Å². The molecular formula is C19H18N2O3S. The highest BCUT2D eigenvalue weighted by atomic mass is 32.2. The van der Waals surface area contributed by atoms with Crippen molar-refractivity contribution in [1.82, 2.24) is 0 Å². The van der Waals surface area contributed by atoms with E-state index in [1.165, 1.54) is 12.1 Å². The Bertz CT molecular complexity index is 996. The molecule has 3 aromatic carbocycles. The van der Waals surface area contributed by atoms with Crippen molar-refractivity contribution in [1.29, 1.82) is 0 Å². The Labute approximate surface area is 146 Å². The molecule has 0 aliphatic heterocycles. The Morgan fingerprint density at radius 3 is 1.92 bits per heavy atom. The molecular weight excluding hydrogens is 336 g/mol. The molecule has 0 spiro atoms. The molecule has 0 heterocycles. The summed E-state index contributed by atoms with van der Waals surface area (Å²) in [6.07, 6.45) is 0. The van der Waals surface area contributed by atoms with Gasteiger partial charge in [0.15, 0.2) is 0 Å². The van der Waals surface area contributed by atoms with Gasteiger partial charge in [-0.25, -0.2) is 8.42 Å². The van der Waals surface area contributed by atoms with Crippen LogP contribution in [0.2, 0.25) is 0 Å².